The lowest BCUT2D eigenvalue weighted by molar-refractivity contribution is 0.0628. The van der Waals surface area contributed by atoms with Gasteiger partial charge in [-0.2, -0.15) is 0 Å². The Kier molecular flexibility index (Phi) is 5.29. The predicted octanol–water partition coefficient (Wildman–Crippen LogP) is 4.32. The molecule has 5 nitrogen and oxygen atoms in total. The molecule has 27 heavy (non-hydrogen) atoms. The molecule has 1 aliphatic heterocycles. The number of piperazine rings is 1. The van der Waals surface area contributed by atoms with Crippen molar-refractivity contribution in [3.8, 4) is 11.3 Å². The van der Waals surface area contributed by atoms with E-state index in [1.165, 1.54) is 4.88 Å². The van der Waals surface area contributed by atoms with Gasteiger partial charge in [0.15, 0.2) is 0 Å². The molecule has 0 spiro atoms. The zero-order valence-electron chi connectivity index (χ0n) is 15.0. The minimum absolute atomic E-state index is 0.0422. The van der Waals surface area contributed by atoms with E-state index in [1.807, 2.05) is 23.1 Å². The second kappa shape index (κ2) is 7.84. The Morgan fingerprint density at radius 2 is 1.96 bits per heavy atom. The molecular weight excluding hydrogens is 382 g/mol. The van der Waals surface area contributed by atoms with E-state index in [2.05, 4.69) is 27.6 Å². The molecule has 1 saturated heterocycles. The van der Waals surface area contributed by atoms with Gasteiger partial charge in [0.25, 0.3) is 5.91 Å². The quantitative estimate of drug-likeness (QED) is 0.653. The smallest absolute Gasteiger partial charge is 0.259 e. The van der Waals surface area contributed by atoms with Crippen molar-refractivity contribution in [1.29, 1.82) is 0 Å². The summed E-state index contributed by atoms with van der Waals surface area (Å²) < 4.78 is 5.34. The molecule has 140 valence electrons. The first-order valence-electron chi connectivity index (χ1n) is 8.88. The minimum Gasteiger partial charge on any atom is -0.360 e. The zero-order valence-corrected chi connectivity index (χ0v) is 16.6. The molecule has 3 aromatic rings. The molecule has 0 saturated carbocycles. The Morgan fingerprint density at radius 3 is 2.67 bits per heavy atom. The van der Waals surface area contributed by atoms with Crippen LogP contribution in [-0.4, -0.2) is 47.0 Å². The zero-order chi connectivity index (χ0) is 18.8. The number of carbonyl (C=O) groups is 1. The molecular formula is C20H20ClN3O2S. The number of hydrogen-bond acceptors (Lipinski definition) is 5. The number of carbonyl (C=O) groups excluding carboxylic acids is 1. The summed E-state index contributed by atoms with van der Waals surface area (Å²) in [5, 5.41) is 6.76. The van der Waals surface area contributed by atoms with E-state index in [4.69, 9.17) is 16.1 Å². The van der Waals surface area contributed by atoms with Crippen molar-refractivity contribution in [3.63, 3.8) is 0 Å². The SMILES string of the molecule is Cc1onc(-c2ccccc2Cl)c1C(=O)N1CCN(Cc2cccs2)CC1. The first kappa shape index (κ1) is 18.2. The van der Waals surface area contributed by atoms with E-state index in [0.717, 1.165) is 25.2 Å². The standard InChI is InChI=1S/C20H20ClN3O2S/c1-14-18(19(22-26-14)16-6-2-3-7-17(16)21)20(25)24-10-8-23(9-11-24)13-15-5-4-12-27-15/h2-7,12H,8-11,13H2,1H3. The van der Waals surface area contributed by atoms with Crippen molar-refractivity contribution >= 4 is 28.8 Å². The average Bonchev–Trinajstić information content (AvgIpc) is 3.32. The summed E-state index contributed by atoms with van der Waals surface area (Å²) in [5.41, 5.74) is 1.75. The van der Waals surface area contributed by atoms with Gasteiger partial charge in [0.1, 0.15) is 17.0 Å². The number of aryl methyl sites for hydroxylation is 1. The molecule has 0 radical (unpaired) electrons. The highest BCUT2D eigenvalue weighted by molar-refractivity contribution is 7.09. The van der Waals surface area contributed by atoms with Crippen molar-refractivity contribution in [1.82, 2.24) is 15.0 Å². The van der Waals surface area contributed by atoms with Gasteiger partial charge in [0.05, 0.1) is 5.02 Å². The Morgan fingerprint density at radius 1 is 1.19 bits per heavy atom. The van der Waals surface area contributed by atoms with E-state index >= 15 is 0 Å². The molecule has 3 heterocycles. The Bertz CT molecular complexity index is 931. The van der Waals surface area contributed by atoms with Crippen LogP contribution in [0.3, 0.4) is 0 Å². The summed E-state index contributed by atoms with van der Waals surface area (Å²) in [4.78, 5) is 18.8. The maximum absolute atomic E-state index is 13.2. The third-order valence-corrected chi connectivity index (χ3v) is 6.02. The molecule has 0 aliphatic carbocycles. The number of rotatable bonds is 4. The molecule has 1 amide bonds. The topological polar surface area (TPSA) is 49.6 Å². The molecule has 0 bridgehead atoms. The van der Waals surface area contributed by atoms with Crippen LogP contribution in [-0.2, 0) is 6.54 Å². The van der Waals surface area contributed by atoms with E-state index in [-0.39, 0.29) is 5.91 Å². The van der Waals surface area contributed by atoms with Crippen LogP contribution in [0.5, 0.6) is 0 Å². The van der Waals surface area contributed by atoms with Crippen molar-refractivity contribution < 1.29 is 9.32 Å². The summed E-state index contributed by atoms with van der Waals surface area (Å²) >= 11 is 8.07. The van der Waals surface area contributed by atoms with Gasteiger partial charge in [0.2, 0.25) is 0 Å². The summed E-state index contributed by atoms with van der Waals surface area (Å²) in [7, 11) is 0. The normalized spacial score (nSPS) is 15.3. The number of amides is 1. The number of hydrogen-bond donors (Lipinski definition) is 0. The maximum Gasteiger partial charge on any atom is 0.259 e. The van der Waals surface area contributed by atoms with Crippen LogP contribution in [0.15, 0.2) is 46.3 Å². The van der Waals surface area contributed by atoms with Crippen LogP contribution in [0.1, 0.15) is 21.0 Å². The van der Waals surface area contributed by atoms with E-state index in [1.54, 1.807) is 24.3 Å². The minimum atomic E-state index is -0.0422. The van der Waals surface area contributed by atoms with Crippen LogP contribution >= 0.6 is 22.9 Å². The Hall–Kier alpha value is -2.15. The van der Waals surface area contributed by atoms with Crippen molar-refractivity contribution in [2.45, 2.75) is 13.5 Å². The maximum atomic E-state index is 13.2. The molecule has 2 aromatic heterocycles. The lowest BCUT2D eigenvalue weighted by atomic mass is 10.0. The third-order valence-electron chi connectivity index (χ3n) is 4.82. The Balaban J connectivity index is 1.50. The van der Waals surface area contributed by atoms with Gasteiger partial charge in [-0.25, -0.2) is 0 Å². The molecule has 7 heteroatoms. The number of thiophene rings is 1. The van der Waals surface area contributed by atoms with Gasteiger partial charge in [-0.15, -0.1) is 11.3 Å². The third kappa shape index (κ3) is 3.78. The highest BCUT2D eigenvalue weighted by Crippen LogP contribution is 2.32. The average molecular weight is 402 g/mol. The van der Waals surface area contributed by atoms with Crippen molar-refractivity contribution in [2.24, 2.45) is 0 Å². The van der Waals surface area contributed by atoms with Crippen LogP contribution in [0.4, 0.5) is 0 Å². The van der Waals surface area contributed by atoms with Gasteiger partial charge in [0, 0.05) is 43.2 Å². The van der Waals surface area contributed by atoms with Crippen molar-refractivity contribution in [2.75, 3.05) is 26.2 Å². The fourth-order valence-corrected chi connectivity index (χ4v) is 4.32. The molecule has 0 N–H and O–H groups in total. The molecule has 1 aromatic carbocycles. The molecule has 1 aliphatic rings. The van der Waals surface area contributed by atoms with Crippen LogP contribution in [0.25, 0.3) is 11.3 Å². The van der Waals surface area contributed by atoms with E-state index in [0.29, 0.717) is 35.1 Å². The summed E-state index contributed by atoms with van der Waals surface area (Å²) in [5.74, 6) is 0.482. The molecule has 0 atom stereocenters. The van der Waals surface area contributed by atoms with E-state index < -0.39 is 0 Å². The molecule has 0 unspecified atom stereocenters. The number of halogens is 1. The lowest BCUT2D eigenvalue weighted by Gasteiger charge is -2.34. The number of benzene rings is 1. The second-order valence-corrected chi connectivity index (χ2v) is 8.03. The number of aromatic nitrogens is 1. The first-order chi connectivity index (χ1) is 13.1. The van der Waals surface area contributed by atoms with Gasteiger partial charge in [-0.05, 0) is 24.4 Å². The number of nitrogens with zero attached hydrogens (tertiary/aromatic N) is 3. The van der Waals surface area contributed by atoms with Gasteiger partial charge >= 0.3 is 0 Å². The van der Waals surface area contributed by atoms with Gasteiger partial charge < -0.3 is 9.42 Å². The van der Waals surface area contributed by atoms with Gasteiger partial charge in [-0.3, -0.25) is 9.69 Å². The van der Waals surface area contributed by atoms with Crippen LogP contribution in [0, 0.1) is 6.92 Å². The lowest BCUT2D eigenvalue weighted by Crippen LogP contribution is -2.48. The fraction of sp³-hybridized carbons (Fsp3) is 0.300. The highest BCUT2D eigenvalue weighted by Gasteiger charge is 2.29. The largest absolute Gasteiger partial charge is 0.360 e. The summed E-state index contributed by atoms with van der Waals surface area (Å²) in [6.07, 6.45) is 0. The van der Waals surface area contributed by atoms with Crippen LogP contribution < -0.4 is 0 Å². The summed E-state index contributed by atoms with van der Waals surface area (Å²) in [6, 6.07) is 11.6. The fourth-order valence-electron chi connectivity index (χ4n) is 3.35. The molecule has 1 fully saturated rings. The predicted molar refractivity (Wildman–Crippen MR) is 107 cm³/mol. The van der Waals surface area contributed by atoms with Crippen LogP contribution in [0.2, 0.25) is 5.02 Å². The van der Waals surface area contributed by atoms with E-state index in [9.17, 15) is 4.79 Å². The monoisotopic (exact) mass is 401 g/mol. The summed E-state index contributed by atoms with van der Waals surface area (Å²) in [6.45, 7) is 5.81. The van der Waals surface area contributed by atoms with Crippen molar-refractivity contribution in [3.05, 3.63) is 63.0 Å². The first-order valence-corrected chi connectivity index (χ1v) is 10.1. The van der Waals surface area contributed by atoms with Gasteiger partial charge in [-0.1, -0.05) is 41.0 Å². The second-order valence-electron chi connectivity index (χ2n) is 6.59. The Labute approximate surface area is 167 Å². The molecule has 4 rings (SSSR count). The highest BCUT2D eigenvalue weighted by atomic mass is 35.5.